The quantitative estimate of drug-likeness (QED) is 0.454. The fraction of sp³-hybridized carbons (Fsp3) is 0.364. The minimum absolute atomic E-state index is 0.116. The molecule has 0 aromatic heterocycles. The van der Waals surface area contributed by atoms with Gasteiger partial charge >= 0.3 is 5.97 Å². The highest BCUT2D eigenvalue weighted by Gasteiger charge is 2.14. The largest absolute Gasteiger partial charge is 0.460 e. The Bertz CT molecular complexity index is 512. The lowest BCUT2D eigenvalue weighted by Crippen LogP contribution is -2.11. The molecule has 0 amide bonds. The smallest absolute Gasteiger partial charge is 0.338 e. The molecule has 7 heteroatoms. The van der Waals surface area contributed by atoms with Crippen LogP contribution in [0.2, 0.25) is 0 Å². The molecular formula is C11H13ClO5S. The third-order valence-corrected chi connectivity index (χ3v) is 3.37. The molecule has 0 bridgehead atoms. The summed E-state index contributed by atoms with van der Waals surface area (Å²) in [6.07, 6.45) is 0. The number of benzene rings is 1. The monoisotopic (exact) mass is 292 g/mol. The van der Waals surface area contributed by atoms with E-state index in [-0.39, 0.29) is 17.1 Å². The van der Waals surface area contributed by atoms with Gasteiger partial charge in [-0.3, -0.25) is 0 Å². The van der Waals surface area contributed by atoms with Crippen molar-refractivity contribution < 1.29 is 22.7 Å². The van der Waals surface area contributed by atoms with Crippen LogP contribution in [0.15, 0.2) is 29.2 Å². The molecule has 1 aromatic rings. The summed E-state index contributed by atoms with van der Waals surface area (Å²) in [6, 6.07) is 5.35. The average molecular weight is 293 g/mol. The van der Waals surface area contributed by atoms with Crippen LogP contribution in [-0.4, -0.2) is 34.2 Å². The van der Waals surface area contributed by atoms with Gasteiger partial charge in [-0.25, -0.2) is 13.2 Å². The summed E-state index contributed by atoms with van der Waals surface area (Å²) in [4.78, 5) is 11.4. The van der Waals surface area contributed by atoms with Crippen molar-refractivity contribution in [1.82, 2.24) is 0 Å². The first kappa shape index (κ1) is 14.9. The first-order chi connectivity index (χ1) is 8.45. The molecule has 0 unspecified atom stereocenters. The molecule has 0 heterocycles. The van der Waals surface area contributed by atoms with Crippen molar-refractivity contribution in [2.75, 3.05) is 19.8 Å². The van der Waals surface area contributed by atoms with E-state index in [4.69, 9.17) is 20.2 Å². The number of hydrogen-bond donors (Lipinski definition) is 0. The van der Waals surface area contributed by atoms with Crippen LogP contribution in [0.5, 0.6) is 0 Å². The van der Waals surface area contributed by atoms with Crippen molar-refractivity contribution in [3.8, 4) is 0 Å². The van der Waals surface area contributed by atoms with E-state index in [1.54, 1.807) is 0 Å². The molecule has 0 aliphatic heterocycles. The van der Waals surface area contributed by atoms with Gasteiger partial charge in [-0.05, 0) is 25.1 Å². The van der Waals surface area contributed by atoms with Crippen LogP contribution in [0.3, 0.4) is 0 Å². The molecule has 0 N–H and O–H groups in total. The molecule has 100 valence electrons. The Morgan fingerprint density at radius 2 is 2.06 bits per heavy atom. The van der Waals surface area contributed by atoms with Crippen molar-refractivity contribution in [2.45, 2.75) is 11.8 Å². The van der Waals surface area contributed by atoms with Crippen molar-refractivity contribution in [1.29, 1.82) is 0 Å². The molecule has 0 fully saturated rings. The summed E-state index contributed by atoms with van der Waals surface area (Å²) in [5.41, 5.74) is 0.133. The Balaban J connectivity index is 2.69. The highest BCUT2D eigenvalue weighted by molar-refractivity contribution is 8.13. The molecule has 0 saturated carbocycles. The van der Waals surface area contributed by atoms with Gasteiger partial charge in [0.05, 0.1) is 17.1 Å². The van der Waals surface area contributed by atoms with E-state index in [2.05, 4.69) is 0 Å². The van der Waals surface area contributed by atoms with Crippen LogP contribution in [0.25, 0.3) is 0 Å². The Morgan fingerprint density at radius 3 is 2.67 bits per heavy atom. The number of rotatable bonds is 6. The van der Waals surface area contributed by atoms with Crippen molar-refractivity contribution >= 4 is 25.7 Å². The van der Waals surface area contributed by atoms with Crippen LogP contribution < -0.4 is 0 Å². The number of carbonyl (C=O) groups excluding carboxylic acids is 1. The summed E-state index contributed by atoms with van der Waals surface area (Å²) in [7, 11) is 1.33. The summed E-state index contributed by atoms with van der Waals surface area (Å²) in [5, 5.41) is 0. The van der Waals surface area contributed by atoms with E-state index < -0.39 is 15.0 Å². The third-order valence-electron chi connectivity index (χ3n) is 2.02. The summed E-state index contributed by atoms with van der Waals surface area (Å²) >= 11 is 0. The molecule has 0 spiro atoms. The maximum absolute atomic E-state index is 11.6. The number of hydrogen-bond acceptors (Lipinski definition) is 5. The standard InChI is InChI=1S/C11H13ClO5S/c1-2-16-6-7-17-11(13)9-4-3-5-10(8-9)18(12,14)15/h3-5,8H,2,6-7H2,1H3. The van der Waals surface area contributed by atoms with E-state index in [0.29, 0.717) is 13.2 Å². The van der Waals surface area contributed by atoms with E-state index in [0.717, 1.165) is 0 Å². The lowest BCUT2D eigenvalue weighted by Gasteiger charge is -2.05. The van der Waals surface area contributed by atoms with Crippen LogP contribution in [-0.2, 0) is 18.5 Å². The predicted octanol–water partition coefficient (Wildman–Crippen LogP) is 1.81. The second kappa shape index (κ2) is 6.72. The van der Waals surface area contributed by atoms with Crippen LogP contribution >= 0.6 is 10.7 Å². The Morgan fingerprint density at radius 1 is 1.33 bits per heavy atom. The summed E-state index contributed by atoms with van der Waals surface area (Å²) < 4.78 is 32.1. The molecule has 0 aliphatic rings. The minimum Gasteiger partial charge on any atom is -0.460 e. The van der Waals surface area contributed by atoms with Gasteiger partial charge in [0.1, 0.15) is 6.61 Å². The van der Waals surface area contributed by atoms with Gasteiger partial charge in [-0.2, -0.15) is 0 Å². The van der Waals surface area contributed by atoms with Gasteiger partial charge in [-0.1, -0.05) is 6.07 Å². The molecule has 18 heavy (non-hydrogen) atoms. The Hall–Kier alpha value is -1.11. The van der Waals surface area contributed by atoms with Gasteiger partial charge in [0.25, 0.3) is 9.05 Å². The molecule has 0 saturated heterocycles. The lowest BCUT2D eigenvalue weighted by molar-refractivity contribution is 0.0335. The van der Waals surface area contributed by atoms with E-state index in [9.17, 15) is 13.2 Å². The average Bonchev–Trinajstić information content (AvgIpc) is 2.33. The molecule has 1 rings (SSSR count). The molecule has 0 atom stereocenters. The molecule has 1 aromatic carbocycles. The number of ether oxygens (including phenoxy) is 2. The summed E-state index contributed by atoms with van der Waals surface area (Å²) in [6.45, 7) is 2.79. The van der Waals surface area contributed by atoms with Crippen LogP contribution in [0, 0.1) is 0 Å². The van der Waals surface area contributed by atoms with Gasteiger partial charge in [0.15, 0.2) is 0 Å². The number of esters is 1. The number of halogens is 1. The maximum atomic E-state index is 11.6. The first-order valence-corrected chi connectivity index (χ1v) is 7.55. The normalized spacial score (nSPS) is 11.2. The highest BCUT2D eigenvalue weighted by atomic mass is 35.7. The lowest BCUT2D eigenvalue weighted by atomic mass is 10.2. The third kappa shape index (κ3) is 4.64. The fourth-order valence-electron chi connectivity index (χ4n) is 1.20. The van der Waals surface area contributed by atoms with Gasteiger partial charge in [0.2, 0.25) is 0 Å². The SMILES string of the molecule is CCOCCOC(=O)c1cccc(S(=O)(=O)Cl)c1. The Kier molecular flexibility index (Phi) is 5.58. The highest BCUT2D eigenvalue weighted by Crippen LogP contribution is 2.16. The zero-order valence-corrected chi connectivity index (χ0v) is 11.3. The zero-order chi connectivity index (χ0) is 13.6. The van der Waals surface area contributed by atoms with Crippen LogP contribution in [0.1, 0.15) is 17.3 Å². The van der Waals surface area contributed by atoms with Crippen molar-refractivity contribution in [2.24, 2.45) is 0 Å². The first-order valence-electron chi connectivity index (χ1n) is 5.24. The Labute approximate surface area is 110 Å². The van der Waals surface area contributed by atoms with E-state index in [1.165, 1.54) is 24.3 Å². The minimum atomic E-state index is -3.85. The van der Waals surface area contributed by atoms with Crippen LogP contribution in [0.4, 0.5) is 0 Å². The number of carbonyl (C=O) groups is 1. The van der Waals surface area contributed by atoms with E-state index in [1.807, 2.05) is 6.92 Å². The molecule has 0 radical (unpaired) electrons. The second-order valence-corrected chi connectivity index (χ2v) is 5.86. The molecule has 5 nitrogen and oxygen atoms in total. The molecule has 0 aliphatic carbocycles. The van der Waals surface area contributed by atoms with Gasteiger partial charge in [-0.15, -0.1) is 0 Å². The predicted molar refractivity (Wildman–Crippen MR) is 66.3 cm³/mol. The van der Waals surface area contributed by atoms with E-state index >= 15 is 0 Å². The van der Waals surface area contributed by atoms with Gasteiger partial charge in [0, 0.05) is 17.3 Å². The second-order valence-electron chi connectivity index (χ2n) is 3.30. The fourth-order valence-corrected chi connectivity index (χ4v) is 1.99. The topological polar surface area (TPSA) is 69.7 Å². The van der Waals surface area contributed by atoms with Gasteiger partial charge < -0.3 is 9.47 Å². The maximum Gasteiger partial charge on any atom is 0.338 e. The van der Waals surface area contributed by atoms with Crippen molar-refractivity contribution in [3.05, 3.63) is 29.8 Å². The zero-order valence-electron chi connectivity index (χ0n) is 9.76. The van der Waals surface area contributed by atoms with Crippen molar-refractivity contribution in [3.63, 3.8) is 0 Å². The molecular weight excluding hydrogens is 280 g/mol. The summed E-state index contributed by atoms with van der Waals surface area (Å²) in [5.74, 6) is -0.614.